The lowest BCUT2D eigenvalue weighted by atomic mass is 10.1. The molecule has 2 rings (SSSR count). The van der Waals surface area contributed by atoms with Crippen LogP contribution in [-0.4, -0.2) is 31.4 Å². The van der Waals surface area contributed by atoms with Gasteiger partial charge in [-0.15, -0.1) is 0 Å². The molecule has 27 heavy (non-hydrogen) atoms. The molecule has 9 nitrogen and oxygen atoms in total. The van der Waals surface area contributed by atoms with Crippen LogP contribution < -0.4 is 10.6 Å². The van der Waals surface area contributed by atoms with E-state index in [1.165, 1.54) is 25.1 Å². The maximum atomic E-state index is 12.5. The highest BCUT2D eigenvalue weighted by Gasteiger charge is 2.20. The average molecular weight is 412 g/mol. The molecule has 11 heteroatoms. The molecule has 0 aliphatic carbocycles. The second-order valence-electron chi connectivity index (χ2n) is 5.57. The maximum Gasteiger partial charge on any atom is 0.271 e. The van der Waals surface area contributed by atoms with Crippen LogP contribution in [0.15, 0.2) is 41.3 Å². The first-order valence-corrected chi connectivity index (χ1v) is 9.62. The van der Waals surface area contributed by atoms with Gasteiger partial charge in [0, 0.05) is 35.9 Å². The highest BCUT2D eigenvalue weighted by atomic mass is 35.5. The lowest BCUT2D eigenvalue weighted by molar-refractivity contribution is -0.385. The minimum absolute atomic E-state index is 0.148. The van der Waals surface area contributed by atoms with E-state index in [2.05, 4.69) is 10.6 Å². The third-order valence-corrected chi connectivity index (χ3v) is 4.66. The topological polar surface area (TPSA) is 135 Å². The minimum atomic E-state index is -3.78. The summed E-state index contributed by atoms with van der Waals surface area (Å²) < 4.78 is 23.5. The Morgan fingerprint density at radius 3 is 2.30 bits per heavy atom. The van der Waals surface area contributed by atoms with Crippen molar-refractivity contribution in [3.8, 4) is 0 Å². The number of sulfone groups is 1. The number of carbonyl (C=O) groups excluding carboxylic acids is 2. The fraction of sp³-hybridized carbons (Fsp3) is 0.125. The smallest absolute Gasteiger partial charge is 0.271 e. The number of anilines is 2. The minimum Gasteiger partial charge on any atom is -0.325 e. The number of carbonyl (C=O) groups is 2. The van der Waals surface area contributed by atoms with Crippen molar-refractivity contribution in [1.29, 1.82) is 0 Å². The molecule has 0 spiro atoms. The average Bonchev–Trinajstić information content (AvgIpc) is 2.55. The normalized spacial score (nSPS) is 10.9. The lowest BCUT2D eigenvalue weighted by Crippen LogP contribution is -2.16. The molecule has 0 radical (unpaired) electrons. The number of hydrogen-bond acceptors (Lipinski definition) is 6. The Bertz CT molecular complexity index is 1050. The molecule has 2 N–H and O–H groups in total. The third kappa shape index (κ3) is 5.25. The number of halogens is 1. The molecule has 0 aromatic heterocycles. The molecule has 0 aliphatic heterocycles. The molecule has 0 unspecified atom stereocenters. The van der Waals surface area contributed by atoms with Crippen LogP contribution in [0.2, 0.25) is 5.02 Å². The van der Waals surface area contributed by atoms with E-state index in [-0.39, 0.29) is 32.8 Å². The second-order valence-corrected chi connectivity index (χ2v) is 8.02. The number of nitrogens with zero attached hydrogens (tertiary/aromatic N) is 1. The number of non-ortho nitro benzene ring substituents is 1. The summed E-state index contributed by atoms with van der Waals surface area (Å²) in [5, 5.41) is 16.3. The molecule has 0 fully saturated rings. The van der Waals surface area contributed by atoms with Gasteiger partial charge in [0.2, 0.25) is 5.91 Å². The molecule has 2 amide bonds. The molecule has 2 aromatic carbocycles. The SMILES string of the molecule is CC(=O)Nc1ccc(Cl)cc1NC(=O)c1cc([N+](=O)[O-])cc(S(C)(=O)=O)c1. The number of nitrogens with one attached hydrogen (secondary N) is 2. The van der Waals surface area contributed by atoms with Gasteiger partial charge in [0.05, 0.1) is 21.2 Å². The Morgan fingerprint density at radius 2 is 1.74 bits per heavy atom. The number of hydrogen-bond donors (Lipinski definition) is 2. The molecule has 0 saturated heterocycles. The number of nitro groups is 1. The Labute approximate surface area is 159 Å². The van der Waals surface area contributed by atoms with Gasteiger partial charge in [-0.25, -0.2) is 8.42 Å². The molecular weight excluding hydrogens is 398 g/mol. The molecule has 0 atom stereocenters. The van der Waals surface area contributed by atoms with Crippen LogP contribution in [-0.2, 0) is 14.6 Å². The van der Waals surface area contributed by atoms with E-state index >= 15 is 0 Å². The van der Waals surface area contributed by atoms with Crippen LogP contribution in [0, 0.1) is 10.1 Å². The molecule has 0 saturated carbocycles. The zero-order valence-electron chi connectivity index (χ0n) is 14.1. The standard InChI is InChI=1S/C16H14ClN3O6S/c1-9(21)18-14-4-3-11(17)7-15(14)19-16(22)10-5-12(20(23)24)8-13(6-10)27(2,25)26/h3-8H,1-2H3,(H,18,21)(H,19,22). The van der Waals surface area contributed by atoms with Crippen molar-refractivity contribution < 1.29 is 22.9 Å². The van der Waals surface area contributed by atoms with Crippen molar-refractivity contribution in [3.05, 3.63) is 57.1 Å². The predicted molar refractivity (Wildman–Crippen MR) is 99.9 cm³/mol. The lowest BCUT2D eigenvalue weighted by Gasteiger charge is -2.12. The first-order valence-electron chi connectivity index (χ1n) is 7.35. The van der Waals surface area contributed by atoms with Gasteiger partial charge in [-0.05, 0) is 24.3 Å². The summed E-state index contributed by atoms with van der Waals surface area (Å²) in [6.07, 6.45) is 0.875. The molecular formula is C16H14ClN3O6S. The van der Waals surface area contributed by atoms with Crippen LogP contribution in [0.1, 0.15) is 17.3 Å². The van der Waals surface area contributed by atoms with Crippen molar-refractivity contribution in [2.45, 2.75) is 11.8 Å². The van der Waals surface area contributed by atoms with E-state index in [0.717, 1.165) is 24.5 Å². The predicted octanol–water partition coefficient (Wildman–Crippen LogP) is 2.86. The van der Waals surface area contributed by atoms with E-state index < -0.39 is 26.4 Å². The Balaban J connectivity index is 2.47. The van der Waals surface area contributed by atoms with E-state index in [1.807, 2.05) is 0 Å². The van der Waals surface area contributed by atoms with Crippen LogP contribution in [0.5, 0.6) is 0 Å². The van der Waals surface area contributed by atoms with E-state index in [9.17, 15) is 28.1 Å². The van der Waals surface area contributed by atoms with Crippen LogP contribution in [0.25, 0.3) is 0 Å². The van der Waals surface area contributed by atoms with Gasteiger partial charge in [-0.3, -0.25) is 19.7 Å². The summed E-state index contributed by atoms with van der Waals surface area (Å²) in [7, 11) is -3.78. The largest absolute Gasteiger partial charge is 0.325 e. The Kier molecular flexibility index (Phi) is 5.82. The van der Waals surface area contributed by atoms with E-state index in [1.54, 1.807) is 0 Å². The van der Waals surface area contributed by atoms with Crippen molar-refractivity contribution in [3.63, 3.8) is 0 Å². The summed E-state index contributed by atoms with van der Waals surface area (Å²) in [5.41, 5.74) is -0.376. The fourth-order valence-electron chi connectivity index (χ4n) is 2.15. The van der Waals surface area contributed by atoms with Crippen molar-refractivity contribution in [2.24, 2.45) is 0 Å². The number of amides is 2. The molecule has 142 valence electrons. The number of nitro benzene ring substituents is 1. The van der Waals surface area contributed by atoms with Gasteiger partial charge in [-0.2, -0.15) is 0 Å². The van der Waals surface area contributed by atoms with Crippen LogP contribution in [0.3, 0.4) is 0 Å². The molecule has 0 bridgehead atoms. The first kappa shape index (κ1) is 20.3. The zero-order valence-corrected chi connectivity index (χ0v) is 15.7. The molecule has 0 heterocycles. The quantitative estimate of drug-likeness (QED) is 0.573. The summed E-state index contributed by atoms with van der Waals surface area (Å²) in [4.78, 5) is 33.7. The number of rotatable bonds is 5. The van der Waals surface area contributed by atoms with Crippen LogP contribution in [0.4, 0.5) is 17.1 Å². The first-order chi connectivity index (χ1) is 12.5. The summed E-state index contributed by atoms with van der Waals surface area (Å²) >= 11 is 5.90. The summed E-state index contributed by atoms with van der Waals surface area (Å²) in [5.74, 6) is -1.19. The van der Waals surface area contributed by atoms with E-state index in [4.69, 9.17) is 11.6 Å². The highest BCUT2D eigenvalue weighted by molar-refractivity contribution is 7.90. The van der Waals surface area contributed by atoms with Crippen molar-refractivity contribution in [2.75, 3.05) is 16.9 Å². The Morgan fingerprint density at radius 1 is 1.07 bits per heavy atom. The van der Waals surface area contributed by atoms with Crippen LogP contribution >= 0.6 is 11.6 Å². The molecule has 0 aliphatic rings. The maximum absolute atomic E-state index is 12.5. The fourth-order valence-corrected chi connectivity index (χ4v) is 2.99. The van der Waals surface area contributed by atoms with Gasteiger partial charge in [0.1, 0.15) is 0 Å². The number of benzene rings is 2. The monoisotopic (exact) mass is 411 g/mol. The van der Waals surface area contributed by atoms with E-state index in [0.29, 0.717) is 0 Å². The van der Waals surface area contributed by atoms with Crippen molar-refractivity contribution >= 4 is 50.3 Å². The zero-order chi connectivity index (χ0) is 20.4. The molecule has 2 aromatic rings. The van der Waals surface area contributed by atoms with Gasteiger partial charge >= 0.3 is 0 Å². The summed E-state index contributed by atoms with van der Waals surface area (Å²) in [6, 6.07) is 7.19. The van der Waals surface area contributed by atoms with Gasteiger partial charge in [0.15, 0.2) is 9.84 Å². The third-order valence-electron chi connectivity index (χ3n) is 3.33. The highest BCUT2D eigenvalue weighted by Crippen LogP contribution is 2.27. The van der Waals surface area contributed by atoms with Gasteiger partial charge in [-0.1, -0.05) is 11.6 Å². The second kappa shape index (κ2) is 7.72. The Hall–Kier alpha value is -2.98. The van der Waals surface area contributed by atoms with Gasteiger partial charge < -0.3 is 10.6 Å². The van der Waals surface area contributed by atoms with Crippen molar-refractivity contribution in [1.82, 2.24) is 0 Å². The van der Waals surface area contributed by atoms with Gasteiger partial charge in [0.25, 0.3) is 11.6 Å². The summed E-state index contributed by atoms with van der Waals surface area (Å²) in [6.45, 7) is 1.28.